The Kier molecular flexibility index (Phi) is 12.0. The number of carboxylic acids is 1. The molecule has 14 nitrogen and oxygen atoms in total. The SMILES string of the molecule is COC(=O)[C@]1(Cc2ccc(N3C(=O)CNC(=O)c4cc(CCCCCNC(=N)N)ccc43)cc2)NC1(C=O)CC=O.O=C(O)C(F)(F)F. The number of methoxy groups -OCH3 is 1. The van der Waals surface area contributed by atoms with Crippen LogP contribution < -0.4 is 26.6 Å². The highest BCUT2D eigenvalue weighted by molar-refractivity contribution is 6.13. The number of aliphatic carboxylic acids is 1. The van der Waals surface area contributed by atoms with Gasteiger partial charge < -0.3 is 35.8 Å². The summed E-state index contributed by atoms with van der Waals surface area (Å²) in [4.78, 5) is 72.0. The summed E-state index contributed by atoms with van der Waals surface area (Å²) >= 11 is 0. The van der Waals surface area contributed by atoms with Crippen molar-refractivity contribution in [3.05, 3.63) is 59.2 Å². The summed E-state index contributed by atoms with van der Waals surface area (Å²) in [7, 11) is 1.22. The molecule has 2 aliphatic heterocycles. The van der Waals surface area contributed by atoms with E-state index in [1.807, 2.05) is 12.1 Å². The van der Waals surface area contributed by atoms with Crippen LogP contribution in [-0.4, -0.2) is 84.8 Å². The van der Waals surface area contributed by atoms with E-state index in [1.54, 1.807) is 30.3 Å². The molecule has 0 bridgehead atoms. The monoisotopic (exact) mass is 676 g/mol. The highest BCUT2D eigenvalue weighted by Gasteiger charge is 2.72. The molecule has 0 radical (unpaired) electrons. The van der Waals surface area contributed by atoms with Crippen LogP contribution in [0.4, 0.5) is 24.5 Å². The fraction of sp³-hybridized carbons (Fsp3) is 0.387. The van der Waals surface area contributed by atoms with Crippen molar-refractivity contribution in [1.82, 2.24) is 16.0 Å². The number of esters is 1. The summed E-state index contributed by atoms with van der Waals surface area (Å²) in [5, 5.41) is 22.7. The zero-order valence-electron chi connectivity index (χ0n) is 25.8. The average molecular weight is 677 g/mol. The Hall–Kier alpha value is -5.32. The summed E-state index contributed by atoms with van der Waals surface area (Å²) in [6, 6.07) is 12.4. The van der Waals surface area contributed by atoms with Gasteiger partial charge in [0.1, 0.15) is 23.7 Å². The highest BCUT2D eigenvalue weighted by atomic mass is 19.4. The molecule has 0 aromatic heterocycles. The van der Waals surface area contributed by atoms with E-state index in [9.17, 15) is 37.1 Å². The molecule has 2 aliphatic rings. The largest absolute Gasteiger partial charge is 0.490 e. The van der Waals surface area contributed by atoms with E-state index >= 15 is 0 Å². The number of amides is 2. The van der Waals surface area contributed by atoms with Crippen LogP contribution in [0, 0.1) is 5.41 Å². The molecule has 2 amide bonds. The molecule has 0 aliphatic carbocycles. The van der Waals surface area contributed by atoms with Crippen LogP contribution in [0.25, 0.3) is 0 Å². The molecule has 0 saturated carbocycles. The Morgan fingerprint density at radius 2 is 1.75 bits per heavy atom. The van der Waals surface area contributed by atoms with Crippen LogP contribution >= 0.6 is 0 Å². The van der Waals surface area contributed by atoms with Gasteiger partial charge in [0.2, 0.25) is 0 Å². The maximum atomic E-state index is 13.1. The molecule has 2 atom stereocenters. The van der Waals surface area contributed by atoms with E-state index in [4.69, 9.17) is 25.8 Å². The van der Waals surface area contributed by atoms with Gasteiger partial charge in [0.25, 0.3) is 11.8 Å². The number of hydrogen-bond acceptors (Lipinski definition) is 9. The maximum absolute atomic E-state index is 13.1. The number of aldehydes is 2. The summed E-state index contributed by atoms with van der Waals surface area (Å²) in [6.07, 6.45) is -0.538. The lowest BCUT2D eigenvalue weighted by molar-refractivity contribution is -0.192. The number of benzene rings is 2. The van der Waals surface area contributed by atoms with Crippen molar-refractivity contribution < 1.29 is 51.8 Å². The molecule has 7 N–H and O–H groups in total. The fourth-order valence-electron chi connectivity index (χ4n) is 5.35. The van der Waals surface area contributed by atoms with E-state index in [0.29, 0.717) is 41.6 Å². The Bertz CT molecular complexity index is 1570. The standard InChI is InChI=1S/C29H34N6O6.C2HF3O2/c1-41-26(40)29(28(18-37,34-29)12-14-36)16-20-6-9-21(10-7-20)35-23-11-8-19(5-3-2-4-13-32-27(30)31)15-22(23)25(39)33-17-24(35)38;3-2(4,5)1(6)7/h6-11,14-15,18,34H,2-5,12-13,16-17H2,1H3,(H,33,39)(H4,30,31,32);(H,6,7)/t28?,29-;/m0./s1. The number of unbranched alkanes of at least 4 members (excludes halogenated alkanes) is 2. The van der Waals surface area contributed by atoms with Crippen molar-refractivity contribution in [1.29, 1.82) is 5.41 Å². The number of ether oxygens (including phenoxy) is 1. The van der Waals surface area contributed by atoms with E-state index in [2.05, 4.69) is 16.0 Å². The Balaban J connectivity index is 0.000000804. The molecule has 1 fully saturated rings. The quantitative estimate of drug-likeness (QED) is 0.0445. The van der Waals surface area contributed by atoms with Gasteiger partial charge in [-0.05, 0) is 54.7 Å². The van der Waals surface area contributed by atoms with Gasteiger partial charge in [-0.15, -0.1) is 0 Å². The molecule has 4 rings (SSSR count). The lowest BCUT2D eigenvalue weighted by Gasteiger charge is -2.23. The number of halogens is 3. The van der Waals surface area contributed by atoms with Crippen molar-refractivity contribution in [2.24, 2.45) is 5.73 Å². The molecule has 258 valence electrons. The summed E-state index contributed by atoms with van der Waals surface area (Å²) in [5.41, 5.74) is 5.67. The summed E-state index contributed by atoms with van der Waals surface area (Å²) < 4.78 is 36.7. The second kappa shape index (κ2) is 15.5. The molecule has 1 saturated heterocycles. The minimum Gasteiger partial charge on any atom is -0.475 e. The highest BCUT2D eigenvalue weighted by Crippen LogP contribution is 2.43. The van der Waals surface area contributed by atoms with Gasteiger partial charge in [-0.1, -0.05) is 24.6 Å². The van der Waals surface area contributed by atoms with E-state index in [-0.39, 0.29) is 37.2 Å². The molecular formula is C31H35F3N6O8. The van der Waals surface area contributed by atoms with E-state index < -0.39 is 29.2 Å². The number of guanidine groups is 1. The minimum absolute atomic E-state index is 0.0462. The second-order valence-electron chi connectivity index (χ2n) is 11.0. The minimum atomic E-state index is -5.08. The number of aryl methyl sites for hydroxylation is 1. The van der Waals surface area contributed by atoms with E-state index in [0.717, 1.165) is 31.2 Å². The first-order chi connectivity index (χ1) is 22.6. The average Bonchev–Trinajstić information content (AvgIpc) is 3.71. The first-order valence-corrected chi connectivity index (χ1v) is 14.6. The Morgan fingerprint density at radius 1 is 1.10 bits per heavy atom. The molecule has 48 heavy (non-hydrogen) atoms. The zero-order chi connectivity index (χ0) is 35.7. The topological polar surface area (TPSA) is 231 Å². The molecule has 2 aromatic rings. The van der Waals surface area contributed by atoms with Crippen LogP contribution in [-0.2, 0) is 41.6 Å². The molecule has 17 heteroatoms. The zero-order valence-corrected chi connectivity index (χ0v) is 25.8. The number of alkyl halides is 3. The number of hydrogen-bond donors (Lipinski definition) is 6. The molecule has 2 aromatic carbocycles. The fourth-order valence-corrected chi connectivity index (χ4v) is 5.35. The molecule has 1 unspecified atom stereocenters. The predicted octanol–water partition coefficient (Wildman–Crippen LogP) is 1.51. The normalized spacial score (nSPS) is 19.8. The van der Waals surface area contributed by atoms with Gasteiger partial charge >= 0.3 is 18.1 Å². The lowest BCUT2D eigenvalue weighted by atomic mass is 9.86. The van der Waals surface area contributed by atoms with Crippen LogP contribution in [0.1, 0.15) is 47.2 Å². The van der Waals surface area contributed by atoms with E-state index in [1.165, 1.54) is 12.0 Å². The first-order valence-electron chi connectivity index (χ1n) is 14.6. The van der Waals surface area contributed by atoms with Gasteiger partial charge in [-0.3, -0.25) is 25.2 Å². The summed E-state index contributed by atoms with van der Waals surface area (Å²) in [5.74, 6) is -4.08. The Morgan fingerprint density at radius 3 is 2.31 bits per heavy atom. The predicted molar refractivity (Wildman–Crippen MR) is 165 cm³/mol. The van der Waals surface area contributed by atoms with Gasteiger partial charge in [-0.2, -0.15) is 13.2 Å². The maximum Gasteiger partial charge on any atom is 0.490 e. The van der Waals surface area contributed by atoms with Gasteiger partial charge in [0.15, 0.2) is 5.96 Å². The third-order valence-corrected chi connectivity index (χ3v) is 7.84. The van der Waals surface area contributed by atoms with Gasteiger partial charge in [0, 0.05) is 25.1 Å². The third kappa shape index (κ3) is 8.52. The van der Waals surface area contributed by atoms with Crippen molar-refractivity contribution in [3.63, 3.8) is 0 Å². The number of carbonyl (C=O) groups is 6. The number of fused-ring (bicyclic) bond motifs is 1. The van der Waals surface area contributed by atoms with Crippen molar-refractivity contribution in [2.45, 2.75) is 55.8 Å². The number of nitrogens with two attached hydrogens (primary N) is 1. The summed E-state index contributed by atoms with van der Waals surface area (Å²) in [6.45, 7) is 0.464. The van der Waals surface area contributed by atoms with Crippen molar-refractivity contribution in [3.8, 4) is 0 Å². The third-order valence-electron chi connectivity index (χ3n) is 7.84. The van der Waals surface area contributed by atoms with Gasteiger partial charge in [-0.25, -0.2) is 9.59 Å². The van der Waals surface area contributed by atoms with Crippen LogP contribution in [0.15, 0.2) is 42.5 Å². The Labute approximate surface area is 272 Å². The number of rotatable bonds is 13. The van der Waals surface area contributed by atoms with Crippen LogP contribution in [0.5, 0.6) is 0 Å². The second-order valence-corrected chi connectivity index (χ2v) is 11.0. The smallest absolute Gasteiger partial charge is 0.475 e. The van der Waals surface area contributed by atoms with Crippen molar-refractivity contribution >= 4 is 53.7 Å². The molecule has 0 spiro atoms. The van der Waals surface area contributed by atoms with Gasteiger partial charge in [0.05, 0.1) is 24.9 Å². The number of carboxylic acid groups (broad SMARTS) is 1. The lowest BCUT2D eigenvalue weighted by Crippen LogP contribution is -2.39. The first kappa shape index (κ1) is 37.1. The molecule has 2 heterocycles. The van der Waals surface area contributed by atoms with Crippen molar-refractivity contribution in [2.75, 3.05) is 25.1 Å². The molecular weight excluding hydrogens is 641 g/mol. The number of carbonyl (C=O) groups excluding carboxylic acids is 5. The number of nitrogens with one attached hydrogen (secondary N) is 4. The van der Waals surface area contributed by atoms with Crippen LogP contribution in [0.3, 0.4) is 0 Å². The number of nitrogens with zero attached hydrogens (tertiary/aromatic N) is 1. The number of anilines is 2. The van der Waals surface area contributed by atoms with Crippen LogP contribution in [0.2, 0.25) is 0 Å².